The Labute approximate surface area is 217 Å². The minimum absolute atomic E-state index is 0. The Morgan fingerprint density at radius 3 is 2.23 bits per heavy atom. The van der Waals surface area contributed by atoms with Gasteiger partial charge in [0.1, 0.15) is 0 Å². The monoisotopic (exact) mass is 534 g/mol. The van der Waals surface area contributed by atoms with Crippen LogP contribution < -0.4 is 10.2 Å². The molecule has 0 unspecified atom stereocenters. The van der Waals surface area contributed by atoms with Gasteiger partial charge in [-0.05, 0) is 47.2 Å². The van der Waals surface area contributed by atoms with Gasteiger partial charge in [-0.25, -0.2) is 8.42 Å². The molecule has 1 amide bonds. The van der Waals surface area contributed by atoms with E-state index in [9.17, 15) is 13.2 Å². The fourth-order valence-electron chi connectivity index (χ4n) is 4.64. The summed E-state index contributed by atoms with van der Waals surface area (Å²) in [6, 6.07) is 18.2. The topological polar surface area (TPSA) is 73.0 Å². The Kier molecular flexibility index (Phi) is 7.88. The van der Waals surface area contributed by atoms with Gasteiger partial charge in [0.25, 0.3) is 5.91 Å². The van der Waals surface area contributed by atoms with Crippen LogP contribution in [0.5, 0.6) is 0 Å². The van der Waals surface area contributed by atoms with Gasteiger partial charge in [-0.2, -0.15) is 4.31 Å². The quantitative estimate of drug-likeness (QED) is 0.554. The molecule has 7 nitrogen and oxygen atoms in total. The number of halogens is 2. The molecule has 2 fully saturated rings. The Bertz CT molecular complexity index is 1320. The van der Waals surface area contributed by atoms with Crippen LogP contribution in [-0.2, 0) is 10.0 Å². The second-order valence-electron chi connectivity index (χ2n) is 8.60. The molecule has 0 aliphatic carbocycles. The second kappa shape index (κ2) is 10.7. The number of fused-ring (bicyclic) bond motifs is 1. The zero-order valence-electron chi connectivity index (χ0n) is 19.2. The van der Waals surface area contributed by atoms with E-state index in [2.05, 4.69) is 10.2 Å². The third kappa shape index (κ3) is 5.27. The molecule has 0 aromatic heterocycles. The van der Waals surface area contributed by atoms with Crippen LogP contribution in [0.25, 0.3) is 10.8 Å². The summed E-state index contributed by atoms with van der Waals surface area (Å²) in [6.07, 6.45) is 0. The van der Waals surface area contributed by atoms with Crippen molar-refractivity contribution in [3.63, 3.8) is 0 Å². The predicted octanol–water partition coefficient (Wildman–Crippen LogP) is 3.47. The largest absolute Gasteiger partial charge is 0.368 e. The number of amides is 1. The number of hydrogen-bond donors (Lipinski definition) is 1. The summed E-state index contributed by atoms with van der Waals surface area (Å²) in [6.45, 7) is 4.74. The third-order valence-electron chi connectivity index (χ3n) is 6.53. The summed E-state index contributed by atoms with van der Waals surface area (Å²) in [4.78, 5) is 17.6. The average molecular weight is 535 g/mol. The number of hydrogen-bond acceptors (Lipinski definition) is 5. The van der Waals surface area contributed by atoms with Crippen LogP contribution in [0.3, 0.4) is 0 Å². The summed E-state index contributed by atoms with van der Waals surface area (Å²) in [5, 5.41) is 5.67. The van der Waals surface area contributed by atoms with E-state index in [-0.39, 0.29) is 36.3 Å². The number of anilines is 1. The molecule has 1 N–H and O–H groups in total. The van der Waals surface area contributed by atoms with E-state index in [1.807, 2.05) is 36.4 Å². The highest BCUT2D eigenvalue weighted by Gasteiger charge is 2.31. The van der Waals surface area contributed by atoms with E-state index in [0.29, 0.717) is 23.7 Å². The Morgan fingerprint density at radius 1 is 0.829 bits per heavy atom. The maximum absolute atomic E-state index is 13.4. The number of para-hydroxylation sites is 1. The number of sulfonamides is 1. The van der Waals surface area contributed by atoms with Crippen LogP contribution in [0.1, 0.15) is 10.4 Å². The lowest BCUT2D eigenvalue weighted by atomic mass is 10.1. The van der Waals surface area contributed by atoms with Crippen molar-refractivity contribution in [2.45, 2.75) is 4.90 Å². The lowest BCUT2D eigenvalue weighted by Crippen LogP contribution is -2.51. The standard InChI is InChI=1S/C25H27ClN4O3S.ClH/c26-21-7-5-20-18-22(8-6-19(20)17-21)34(32,33)30-15-13-29(14-16-30)25(31)23-3-1-2-4-24(23)28-11-9-27-10-12-28;/h1-8,17-18,27H,9-16H2;1H. The summed E-state index contributed by atoms with van der Waals surface area (Å²) in [7, 11) is -3.66. The molecule has 5 rings (SSSR count). The molecule has 3 aromatic carbocycles. The minimum atomic E-state index is -3.66. The molecule has 0 saturated carbocycles. The van der Waals surface area contributed by atoms with Crippen LogP contribution in [0.4, 0.5) is 5.69 Å². The van der Waals surface area contributed by atoms with Gasteiger partial charge < -0.3 is 15.1 Å². The molecule has 2 heterocycles. The van der Waals surface area contributed by atoms with Gasteiger partial charge in [0.15, 0.2) is 0 Å². The maximum atomic E-state index is 13.4. The van der Waals surface area contributed by atoms with Gasteiger partial charge in [0, 0.05) is 63.1 Å². The number of carbonyl (C=O) groups is 1. The highest BCUT2D eigenvalue weighted by Crippen LogP contribution is 2.26. The number of nitrogens with one attached hydrogen (secondary N) is 1. The highest BCUT2D eigenvalue weighted by atomic mass is 35.5. The van der Waals surface area contributed by atoms with Crippen LogP contribution >= 0.6 is 24.0 Å². The highest BCUT2D eigenvalue weighted by molar-refractivity contribution is 7.89. The van der Waals surface area contributed by atoms with Crippen molar-refractivity contribution in [3.8, 4) is 0 Å². The molecule has 10 heteroatoms. The molecule has 35 heavy (non-hydrogen) atoms. The molecule has 2 aliphatic rings. The Balaban J connectivity index is 0.00000289. The zero-order valence-corrected chi connectivity index (χ0v) is 21.6. The van der Waals surface area contributed by atoms with Gasteiger partial charge in [0.2, 0.25) is 10.0 Å². The first-order chi connectivity index (χ1) is 16.4. The summed E-state index contributed by atoms with van der Waals surface area (Å²) in [5.41, 5.74) is 1.62. The molecule has 0 bridgehead atoms. The number of benzene rings is 3. The summed E-state index contributed by atoms with van der Waals surface area (Å²) >= 11 is 6.04. The van der Waals surface area contributed by atoms with Gasteiger partial charge in [0.05, 0.1) is 10.5 Å². The second-order valence-corrected chi connectivity index (χ2v) is 11.0. The smallest absolute Gasteiger partial charge is 0.256 e. The van der Waals surface area contributed by atoms with Crippen molar-refractivity contribution in [2.75, 3.05) is 57.3 Å². The summed E-state index contributed by atoms with van der Waals surface area (Å²) < 4.78 is 28.0. The number of piperazine rings is 2. The van der Waals surface area contributed by atoms with E-state index < -0.39 is 10.0 Å². The minimum Gasteiger partial charge on any atom is -0.368 e. The molecule has 2 aliphatic heterocycles. The van der Waals surface area contributed by atoms with Crippen LogP contribution in [0.2, 0.25) is 5.02 Å². The maximum Gasteiger partial charge on any atom is 0.256 e. The van der Waals surface area contributed by atoms with Crippen molar-refractivity contribution >= 4 is 56.4 Å². The van der Waals surface area contributed by atoms with Crippen molar-refractivity contribution in [3.05, 3.63) is 71.2 Å². The van der Waals surface area contributed by atoms with E-state index in [1.54, 1.807) is 29.2 Å². The zero-order chi connectivity index (χ0) is 23.7. The van der Waals surface area contributed by atoms with E-state index in [0.717, 1.165) is 42.6 Å². The van der Waals surface area contributed by atoms with Gasteiger partial charge in [-0.3, -0.25) is 4.79 Å². The fourth-order valence-corrected chi connectivity index (χ4v) is 6.28. The van der Waals surface area contributed by atoms with E-state index in [4.69, 9.17) is 11.6 Å². The first kappa shape index (κ1) is 25.7. The molecule has 186 valence electrons. The predicted molar refractivity (Wildman–Crippen MR) is 142 cm³/mol. The van der Waals surface area contributed by atoms with Gasteiger partial charge >= 0.3 is 0 Å². The van der Waals surface area contributed by atoms with Gasteiger partial charge in [-0.1, -0.05) is 35.9 Å². The molecular formula is C25H28Cl2N4O3S. The van der Waals surface area contributed by atoms with Crippen LogP contribution in [-0.4, -0.2) is 75.9 Å². The molecule has 0 radical (unpaired) electrons. The SMILES string of the molecule is Cl.O=C(c1ccccc1N1CCNCC1)N1CCN(S(=O)(=O)c2ccc3cc(Cl)ccc3c2)CC1. The Morgan fingerprint density at radius 2 is 1.49 bits per heavy atom. The number of rotatable bonds is 4. The van der Waals surface area contributed by atoms with Crippen molar-refractivity contribution in [2.24, 2.45) is 0 Å². The van der Waals surface area contributed by atoms with Gasteiger partial charge in [-0.15, -0.1) is 12.4 Å². The van der Waals surface area contributed by atoms with Crippen molar-refractivity contribution < 1.29 is 13.2 Å². The van der Waals surface area contributed by atoms with Crippen LogP contribution in [0, 0.1) is 0 Å². The number of carbonyl (C=O) groups excluding carboxylic acids is 1. The fraction of sp³-hybridized carbons (Fsp3) is 0.320. The lowest BCUT2D eigenvalue weighted by molar-refractivity contribution is 0.0698. The molecule has 0 spiro atoms. The molecular weight excluding hydrogens is 507 g/mol. The van der Waals surface area contributed by atoms with E-state index >= 15 is 0 Å². The molecule has 0 atom stereocenters. The van der Waals surface area contributed by atoms with Crippen molar-refractivity contribution in [1.29, 1.82) is 0 Å². The molecule has 2 saturated heterocycles. The summed E-state index contributed by atoms with van der Waals surface area (Å²) in [5.74, 6) is -0.0474. The number of nitrogens with zero attached hydrogens (tertiary/aromatic N) is 3. The molecule has 3 aromatic rings. The average Bonchev–Trinajstić information content (AvgIpc) is 2.88. The Hall–Kier alpha value is -2.36. The normalized spacial score (nSPS) is 17.3. The first-order valence-electron chi connectivity index (χ1n) is 11.5. The van der Waals surface area contributed by atoms with Crippen LogP contribution in [0.15, 0.2) is 65.6 Å². The first-order valence-corrected chi connectivity index (χ1v) is 13.3. The lowest BCUT2D eigenvalue weighted by Gasteiger charge is -2.35. The van der Waals surface area contributed by atoms with Crippen molar-refractivity contribution in [1.82, 2.24) is 14.5 Å². The van der Waals surface area contributed by atoms with E-state index in [1.165, 1.54) is 4.31 Å². The third-order valence-corrected chi connectivity index (χ3v) is 8.66.